The predicted octanol–water partition coefficient (Wildman–Crippen LogP) is 7.36. The highest BCUT2D eigenvalue weighted by molar-refractivity contribution is 5.70. The third kappa shape index (κ3) is 2.71. The molecule has 2 aromatic carbocycles. The number of hydrogen-bond acceptors (Lipinski definition) is 0. The fraction of sp³-hybridized carbons (Fsp3) is 0.370. The maximum absolute atomic E-state index is 6.71. The summed E-state index contributed by atoms with van der Waals surface area (Å²) in [6, 6.07) is 26.0. The first kappa shape index (κ1) is 16.5. The van der Waals surface area contributed by atoms with E-state index in [-0.39, 0.29) is 5.41 Å². The molecule has 1 heteroatoms. The average molecular weight is 368 g/mol. The van der Waals surface area contributed by atoms with Crippen LogP contribution >= 0.6 is 0 Å². The van der Waals surface area contributed by atoms with Gasteiger partial charge in [-0.2, -0.15) is 0 Å². The average Bonchev–Trinajstić information content (AvgIpc) is 2.74. The summed E-state index contributed by atoms with van der Waals surface area (Å²) in [6.07, 6.45) is 8.37. The minimum Gasteiger partial charge on any atom is -0.212 e. The molecule has 7 rings (SSSR count). The van der Waals surface area contributed by atoms with Crippen molar-refractivity contribution in [3.8, 4) is 22.5 Å². The number of hydrogen-bond donors (Lipinski definition) is 0. The van der Waals surface area contributed by atoms with Crippen molar-refractivity contribution < 1.29 is 4.42 Å². The van der Waals surface area contributed by atoms with Crippen LogP contribution in [-0.4, -0.2) is 0 Å². The Bertz CT molecular complexity index is 896. The van der Waals surface area contributed by atoms with E-state index in [1.807, 2.05) is 0 Å². The molecular formula is C27H27O+. The van der Waals surface area contributed by atoms with Gasteiger partial charge in [0.1, 0.15) is 0 Å². The smallest absolute Gasteiger partial charge is 0.212 e. The van der Waals surface area contributed by atoms with Gasteiger partial charge in [-0.1, -0.05) is 48.5 Å². The molecule has 1 nitrogen and oxygen atoms in total. The second-order valence-corrected chi connectivity index (χ2v) is 9.50. The van der Waals surface area contributed by atoms with Crippen molar-refractivity contribution in [3.05, 3.63) is 78.6 Å². The lowest BCUT2D eigenvalue weighted by Gasteiger charge is -2.53. The zero-order chi connectivity index (χ0) is 18.6. The van der Waals surface area contributed by atoms with Crippen LogP contribution in [-0.2, 0) is 5.41 Å². The summed E-state index contributed by atoms with van der Waals surface area (Å²) < 4.78 is 6.71. The van der Waals surface area contributed by atoms with E-state index in [0.717, 1.165) is 23.5 Å². The Morgan fingerprint density at radius 1 is 0.607 bits per heavy atom. The van der Waals surface area contributed by atoms with E-state index >= 15 is 0 Å². The molecule has 0 saturated heterocycles. The van der Waals surface area contributed by atoms with Gasteiger partial charge in [0, 0.05) is 11.6 Å². The van der Waals surface area contributed by atoms with E-state index in [1.54, 1.807) is 0 Å². The molecule has 0 atom stereocenters. The normalized spacial score (nSPS) is 30.5. The summed E-state index contributed by atoms with van der Waals surface area (Å²) >= 11 is 0. The maximum Gasteiger partial charge on any atom is 0.360 e. The summed E-state index contributed by atoms with van der Waals surface area (Å²) in [5, 5.41) is 0. The van der Waals surface area contributed by atoms with Crippen LogP contribution in [0.15, 0.2) is 77.2 Å². The van der Waals surface area contributed by atoms with Crippen molar-refractivity contribution >= 4 is 0 Å². The third-order valence-corrected chi connectivity index (χ3v) is 7.52. The van der Waals surface area contributed by atoms with Crippen molar-refractivity contribution in [2.24, 2.45) is 17.8 Å². The van der Waals surface area contributed by atoms with Gasteiger partial charge in [-0.25, -0.2) is 4.42 Å². The van der Waals surface area contributed by atoms with Crippen LogP contribution in [0.25, 0.3) is 22.5 Å². The molecule has 140 valence electrons. The minimum atomic E-state index is 0.267. The molecule has 4 saturated carbocycles. The van der Waals surface area contributed by atoms with Crippen molar-refractivity contribution in [1.82, 2.24) is 0 Å². The van der Waals surface area contributed by atoms with E-state index in [9.17, 15) is 0 Å². The summed E-state index contributed by atoms with van der Waals surface area (Å²) in [5.74, 6) is 5.01. The van der Waals surface area contributed by atoms with Gasteiger partial charge in [0.15, 0.2) is 0 Å². The minimum absolute atomic E-state index is 0.267. The van der Waals surface area contributed by atoms with Gasteiger partial charge in [-0.15, -0.1) is 0 Å². The van der Waals surface area contributed by atoms with Gasteiger partial charge in [0.25, 0.3) is 0 Å². The molecule has 4 aliphatic rings. The summed E-state index contributed by atoms with van der Waals surface area (Å²) in [6.45, 7) is 0. The Morgan fingerprint density at radius 2 is 1.14 bits per heavy atom. The molecule has 0 amide bonds. The first-order chi connectivity index (χ1) is 13.8. The van der Waals surface area contributed by atoms with Gasteiger partial charge in [-0.05, 0) is 74.0 Å². The van der Waals surface area contributed by atoms with Gasteiger partial charge in [0.05, 0.1) is 17.0 Å². The van der Waals surface area contributed by atoms with Gasteiger partial charge in [0.2, 0.25) is 0 Å². The maximum atomic E-state index is 6.71. The SMILES string of the molecule is c1ccc(-c2cc(-c3ccccc3)[o+]c(C34CC5CC(CC(C5)C3)C4)c2)cc1. The summed E-state index contributed by atoms with van der Waals surface area (Å²) in [4.78, 5) is 0. The molecular weight excluding hydrogens is 340 g/mol. The fourth-order valence-electron chi connectivity index (χ4n) is 6.72. The molecule has 4 bridgehead atoms. The van der Waals surface area contributed by atoms with Crippen LogP contribution in [0.5, 0.6) is 0 Å². The fourth-order valence-corrected chi connectivity index (χ4v) is 6.72. The molecule has 4 aliphatic carbocycles. The highest BCUT2D eigenvalue weighted by Crippen LogP contribution is 2.61. The van der Waals surface area contributed by atoms with Crippen LogP contribution in [0.1, 0.15) is 44.3 Å². The Balaban J connectivity index is 1.52. The zero-order valence-corrected chi connectivity index (χ0v) is 16.3. The monoisotopic (exact) mass is 367 g/mol. The Labute approximate surface area is 167 Å². The lowest BCUT2D eigenvalue weighted by molar-refractivity contribution is -0.0155. The largest absolute Gasteiger partial charge is 0.360 e. The lowest BCUT2D eigenvalue weighted by Crippen LogP contribution is -2.48. The van der Waals surface area contributed by atoms with Crippen molar-refractivity contribution in [2.75, 3.05) is 0 Å². The molecule has 1 aromatic heterocycles. The zero-order valence-electron chi connectivity index (χ0n) is 16.3. The molecule has 0 N–H and O–H groups in total. The van der Waals surface area contributed by atoms with E-state index in [1.165, 1.54) is 61.0 Å². The van der Waals surface area contributed by atoms with E-state index in [0.29, 0.717) is 0 Å². The number of rotatable bonds is 3. The second kappa shape index (κ2) is 6.30. The van der Waals surface area contributed by atoms with Gasteiger partial charge in [-0.3, -0.25) is 0 Å². The Morgan fingerprint density at radius 3 is 1.71 bits per heavy atom. The molecule has 3 aromatic rings. The van der Waals surface area contributed by atoms with Gasteiger partial charge < -0.3 is 0 Å². The quantitative estimate of drug-likeness (QED) is 0.440. The van der Waals surface area contributed by atoms with Crippen LogP contribution in [0.4, 0.5) is 0 Å². The topological polar surface area (TPSA) is 11.3 Å². The number of benzene rings is 2. The molecule has 1 heterocycles. The van der Waals surface area contributed by atoms with Crippen LogP contribution < -0.4 is 0 Å². The Kier molecular flexibility index (Phi) is 3.72. The Hall–Kier alpha value is -2.41. The molecule has 4 fully saturated rings. The molecule has 0 aliphatic heterocycles. The van der Waals surface area contributed by atoms with Crippen molar-refractivity contribution in [3.63, 3.8) is 0 Å². The van der Waals surface area contributed by atoms with E-state index in [4.69, 9.17) is 4.42 Å². The van der Waals surface area contributed by atoms with Gasteiger partial charge >= 0.3 is 11.5 Å². The summed E-state index contributed by atoms with van der Waals surface area (Å²) in [7, 11) is 0. The second-order valence-electron chi connectivity index (χ2n) is 9.50. The molecule has 0 spiro atoms. The van der Waals surface area contributed by atoms with E-state index < -0.39 is 0 Å². The van der Waals surface area contributed by atoms with Crippen molar-refractivity contribution in [1.29, 1.82) is 0 Å². The molecule has 0 unspecified atom stereocenters. The highest BCUT2D eigenvalue weighted by atomic mass is 16.3. The van der Waals surface area contributed by atoms with Crippen molar-refractivity contribution in [2.45, 2.75) is 43.9 Å². The first-order valence-corrected chi connectivity index (χ1v) is 10.9. The third-order valence-electron chi connectivity index (χ3n) is 7.52. The highest BCUT2D eigenvalue weighted by Gasteiger charge is 2.56. The van der Waals surface area contributed by atoms with Crippen LogP contribution in [0.2, 0.25) is 0 Å². The predicted molar refractivity (Wildman–Crippen MR) is 114 cm³/mol. The first-order valence-electron chi connectivity index (χ1n) is 10.9. The lowest BCUT2D eigenvalue weighted by atomic mass is 9.49. The molecule has 28 heavy (non-hydrogen) atoms. The van der Waals surface area contributed by atoms with Crippen LogP contribution in [0, 0.1) is 17.8 Å². The molecule has 0 radical (unpaired) electrons. The van der Waals surface area contributed by atoms with E-state index in [2.05, 4.69) is 72.8 Å². The summed E-state index contributed by atoms with van der Waals surface area (Å²) in [5.41, 5.74) is 4.01. The standard InChI is InChI=1S/C27H27O/c1-3-7-22(8-4-1)24-14-25(23-9-5-2-6-10-23)28-26(15-24)27-16-19-11-20(17-27)13-21(12-19)18-27/h1-10,14-15,19-21H,11-13,16-18H2/q+1. The van der Waals surface area contributed by atoms with Crippen LogP contribution in [0.3, 0.4) is 0 Å².